The maximum Gasteiger partial charge on any atom is 0.178 e. The number of benzene rings is 2. The maximum atomic E-state index is 5.26. The SMILES string of the molecule is CC1C2N(c3ccccc3)c3nc4c(nc3N2c2ccccc2C1(C)C)CCCC4. The Kier molecular flexibility index (Phi) is 3.77. The Hall–Kier alpha value is -2.88. The largest absolute Gasteiger partial charge is 0.302 e. The van der Waals surface area contributed by atoms with Crippen molar-refractivity contribution in [2.45, 2.75) is 58.0 Å². The summed E-state index contributed by atoms with van der Waals surface area (Å²) in [6.45, 7) is 7.15. The lowest BCUT2D eigenvalue weighted by Crippen LogP contribution is -2.53. The summed E-state index contributed by atoms with van der Waals surface area (Å²) in [5, 5.41) is 0. The molecule has 0 spiro atoms. The molecule has 0 N–H and O–H groups in total. The van der Waals surface area contributed by atoms with E-state index in [1.54, 1.807) is 0 Å². The molecule has 2 aromatic carbocycles. The van der Waals surface area contributed by atoms with Crippen molar-refractivity contribution in [1.82, 2.24) is 9.97 Å². The first-order valence-corrected chi connectivity index (χ1v) is 11.2. The van der Waals surface area contributed by atoms with Crippen LogP contribution in [0.4, 0.5) is 23.0 Å². The number of rotatable bonds is 1. The van der Waals surface area contributed by atoms with Crippen LogP contribution in [0.3, 0.4) is 0 Å². The fourth-order valence-electron chi connectivity index (χ4n) is 5.57. The van der Waals surface area contributed by atoms with Gasteiger partial charge in [-0.05, 0) is 54.9 Å². The van der Waals surface area contributed by atoms with E-state index in [0.717, 1.165) is 24.5 Å². The molecule has 1 aliphatic carbocycles. The smallest absolute Gasteiger partial charge is 0.178 e. The Morgan fingerprint density at radius 2 is 1.40 bits per heavy atom. The van der Waals surface area contributed by atoms with Gasteiger partial charge in [-0.2, -0.15) is 0 Å². The third-order valence-corrected chi connectivity index (χ3v) is 7.56. The molecule has 0 fully saturated rings. The van der Waals surface area contributed by atoms with Gasteiger partial charge in [0.2, 0.25) is 0 Å². The van der Waals surface area contributed by atoms with Crippen LogP contribution in [0.15, 0.2) is 54.6 Å². The minimum atomic E-state index is 0.0481. The first-order valence-electron chi connectivity index (χ1n) is 11.2. The van der Waals surface area contributed by atoms with Gasteiger partial charge in [0.1, 0.15) is 6.17 Å². The molecule has 2 aliphatic heterocycles. The number of para-hydroxylation sites is 2. The first-order chi connectivity index (χ1) is 14.6. The number of nitrogens with zero attached hydrogens (tertiary/aromatic N) is 4. The monoisotopic (exact) mass is 396 g/mol. The van der Waals surface area contributed by atoms with Crippen molar-refractivity contribution in [3.8, 4) is 0 Å². The molecule has 4 heteroatoms. The second-order valence-corrected chi connectivity index (χ2v) is 9.49. The lowest BCUT2D eigenvalue weighted by atomic mass is 9.69. The lowest BCUT2D eigenvalue weighted by Gasteiger charge is -2.49. The highest BCUT2D eigenvalue weighted by Crippen LogP contribution is 2.56. The molecule has 0 amide bonds. The van der Waals surface area contributed by atoms with Gasteiger partial charge in [0.25, 0.3) is 0 Å². The Labute approximate surface area is 178 Å². The second-order valence-electron chi connectivity index (χ2n) is 9.49. The van der Waals surface area contributed by atoms with E-state index in [9.17, 15) is 0 Å². The highest BCUT2D eigenvalue weighted by atomic mass is 15.5. The van der Waals surface area contributed by atoms with Gasteiger partial charge >= 0.3 is 0 Å². The van der Waals surface area contributed by atoms with Gasteiger partial charge in [-0.3, -0.25) is 0 Å². The van der Waals surface area contributed by atoms with Crippen LogP contribution >= 0.6 is 0 Å². The van der Waals surface area contributed by atoms with Gasteiger partial charge in [-0.1, -0.05) is 57.2 Å². The molecule has 3 aliphatic rings. The molecule has 0 saturated carbocycles. The zero-order valence-corrected chi connectivity index (χ0v) is 18.0. The van der Waals surface area contributed by atoms with Crippen LogP contribution < -0.4 is 9.80 Å². The highest BCUT2D eigenvalue weighted by Gasteiger charge is 2.52. The zero-order valence-electron chi connectivity index (χ0n) is 18.0. The number of anilines is 4. The Morgan fingerprint density at radius 3 is 2.10 bits per heavy atom. The van der Waals surface area contributed by atoms with Crippen molar-refractivity contribution < 1.29 is 0 Å². The molecular formula is C26H28N4. The summed E-state index contributed by atoms with van der Waals surface area (Å²) in [5.41, 5.74) is 6.30. The van der Waals surface area contributed by atoms with Gasteiger partial charge in [-0.25, -0.2) is 9.97 Å². The van der Waals surface area contributed by atoms with Crippen LogP contribution in [0.25, 0.3) is 0 Å². The van der Waals surface area contributed by atoms with Gasteiger partial charge in [-0.15, -0.1) is 0 Å². The van der Waals surface area contributed by atoms with E-state index in [0.29, 0.717) is 5.92 Å². The van der Waals surface area contributed by atoms with E-state index < -0.39 is 0 Å². The molecule has 152 valence electrons. The molecule has 0 saturated heterocycles. The van der Waals surface area contributed by atoms with Crippen LogP contribution in [-0.4, -0.2) is 16.1 Å². The lowest BCUT2D eigenvalue weighted by molar-refractivity contribution is 0.279. The predicted octanol–water partition coefficient (Wildman–Crippen LogP) is 5.90. The minimum Gasteiger partial charge on any atom is -0.302 e. The highest BCUT2D eigenvalue weighted by molar-refractivity contribution is 5.86. The summed E-state index contributed by atoms with van der Waals surface area (Å²) >= 11 is 0. The summed E-state index contributed by atoms with van der Waals surface area (Å²) in [5.74, 6) is 2.44. The Morgan fingerprint density at radius 1 is 0.800 bits per heavy atom. The van der Waals surface area contributed by atoms with E-state index in [1.807, 2.05) is 0 Å². The van der Waals surface area contributed by atoms with Crippen molar-refractivity contribution in [2.75, 3.05) is 9.80 Å². The molecule has 2 unspecified atom stereocenters. The standard InChI is InChI=1S/C26H28N4/c1-17-25-29(18-11-5-4-6-12-18)23-24(28-21-15-9-8-14-20(21)27-23)30(25)22-16-10-7-13-19(22)26(17,2)3/h4-7,10-13,16-17,25H,8-9,14-15H2,1-3H3. The molecule has 1 aromatic heterocycles. The molecule has 3 heterocycles. The first kappa shape index (κ1) is 17.9. The van der Waals surface area contributed by atoms with Gasteiger partial charge in [0.15, 0.2) is 11.6 Å². The van der Waals surface area contributed by atoms with Crippen LogP contribution in [0.5, 0.6) is 0 Å². The Bertz CT molecular complexity index is 1120. The van der Waals surface area contributed by atoms with E-state index in [1.165, 1.54) is 41.2 Å². The molecule has 4 nitrogen and oxygen atoms in total. The van der Waals surface area contributed by atoms with Crippen LogP contribution in [-0.2, 0) is 18.3 Å². The number of hydrogen-bond donors (Lipinski definition) is 0. The van der Waals surface area contributed by atoms with Crippen molar-refractivity contribution >= 4 is 23.0 Å². The Balaban J connectivity index is 1.64. The zero-order chi connectivity index (χ0) is 20.5. The maximum absolute atomic E-state index is 5.26. The molecule has 30 heavy (non-hydrogen) atoms. The molecule has 3 aromatic rings. The molecule has 2 atom stereocenters. The molecule has 0 radical (unpaired) electrons. The molecular weight excluding hydrogens is 368 g/mol. The number of fused-ring (bicyclic) bond motifs is 6. The van der Waals surface area contributed by atoms with Crippen molar-refractivity contribution in [3.63, 3.8) is 0 Å². The van der Waals surface area contributed by atoms with E-state index >= 15 is 0 Å². The average Bonchev–Trinajstić information content (AvgIpc) is 3.11. The van der Waals surface area contributed by atoms with Crippen LogP contribution in [0.1, 0.15) is 50.6 Å². The summed E-state index contributed by atoms with van der Waals surface area (Å²) in [7, 11) is 0. The second kappa shape index (κ2) is 6.31. The van der Waals surface area contributed by atoms with E-state index in [-0.39, 0.29) is 11.6 Å². The third kappa shape index (κ3) is 2.33. The van der Waals surface area contributed by atoms with Crippen LogP contribution in [0, 0.1) is 5.92 Å². The number of hydrogen-bond acceptors (Lipinski definition) is 4. The van der Waals surface area contributed by atoms with Crippen molar-refractivity contribution in [3.05, 3.63) is 71.5 Å². The summed E-state index contributed by atoms with van der Waals surface area (Å²) in [6.07, 6.45) is 4.68. The van der Waals surface area contributed by atoms with E-state index in [4.69, 9.17) is 9.97 Å². The van der Waals surface area contributed by atoms with Crippen molar-refractivity contribution in [2.24, 2.45) is 5.92 Å². The van der Waals surface area contributed by atoms with Crippen molar-refractivity contribution in [1.29, 1.82) is 0 Å². The molecule has 6 rings (SSSR count). The van der Waals surface area contributed by atoms with Gasteiger partial charge in [0.05, 0.1) is 11.4 Å². The summed E-state index contributed by atoms with van der Waals surface area (Å²) in [4.78, 5) is 15.4. The third-order valence-electron chi connectivity index (χ3n) is 7.56. The minimum absolute atomic E-state index is 0.0481. The van der Waals surface area contributed by atoms with Crippen LogP contribution in [0.2, 0.25) is 0 Å². The predicted molar refractivity (Wildman–Crippen MR) is 122 cm³/mol. The van der Waals surface area contributed by atoms with Gasteiger partial charge in [0, 0.05) is 17.3 Å². The fraction of sp³-hybridized carbons (Fsp3) is 0.385. The normalized spacial score (nSPS) is 23.4. The quantitative estimate of drug-likeness (QED) is 0.513. The number of aryl methyl sites for hydroxylation is 2. The molecule has 0 bridgehead atoms. The average molecular weight is 397 g/mol. The van der Waals surface area contributed by atoms with E-state index in [2.05, 4.69) is 85.2 Å². The number of aromatic nitrogens is 2. The summed E-state index contributed by atoms with van der Waals surface area (Å²) in [6, 6.07) is 19.6. The van der Waals surface area contributed by atoms with Gasteiger partial charge < -0.3 is 9.80 Å². The summed E-state index contributed by atoms with van der Waals surface area (Å²) < 4.78 is 0. The fourth-order valence-corrected chi connectivity index (χ4v) is 5.57. The topological polar surface area (TPSA) is 32.3 Å².